The van der Waals surface area contributed by atoms with Gasteiger partial charge in [0, 0.05) is 36.1 Å². The molecule has 0 aliphatic rings. The average molecular weight is 280 g/mol. The molecule has 0 N–H and O–H groups in total. The van der Waals surface area contributed by atoms with Crippen LogP contribution in [0.25, 0.3) is 0 Å². The zero-order valence-electron chi connectivity index (χ0n) is 4.00. The van der Waals surface area contributed by atoms with Crippen LogP contribution >= 0.6 is 0 Å². The Morgan fingerprint density at radius 3 is 1.00 bits per heavy atom. The summed E-state index contributed by atoms with van der Waals surface area (Å²) in [6, 6.07) is 0. The Morgan fingerprint density at radius 1 is 1.00 bits per heavy atom. The largest absolute Gasteiger partial charge is 0.0715 e. The van der Waals surface area contributed by atoms with Gasteiger partial charge in [-0.05, 0) is 0 Å². The van der Waals surface area contributed by atoms with Gasteiger partial charge in [-0.1, -0.05) is 19.6 Å². The molecule has 5 radical (unpaired) electrons. The van der Waals surface area contributed by atoms with Crippen molar-refractivity contribution in [2.45, 2.75) is 19.6 Å². The molecule has 0 rings (SSSR count). The fourth-order valence-corrected chi connectivity index (χ4v) is 0. The predicted molar refractivity (Wildman–Crippen MR) is 29.1 cm³/mol. The average Bonchev–Trinajstić information content (AvgIpc) is 0.811. The normalized spacial score (nSPS) is 7.20. The summed E-state index contributed by atoms with van der Waals surface area (Å²) in [7, 11) is 0.120. The molecule has 0 saturated heterocycles. The van der Waals surface area contributed by atoms with Crippen LogP contribution in [0.3, 0.4) is 0 Å². The Bertz CT molecular complexity index is 11.6. The van der Waals surface area contributed by atoms with Gasteiger partial charge in [-0.15, -0.1) is 0 Å². The van der Waals surface area contributed by atoms with Gasteiger partial charge in [-0.3, -0.25) is 0 Å². The number of hydrogen-bond donors (Lipinski definition) is 0. The topological polar surface area (TPSA) is 0 Å². The molecule has 0 heterocycles. The summed E-state index contributed by atoms with van der Waals surface area (Å²) in [6.45, 7) is 6.81. The molecule has 0 bridgehead atoms. The van der Waals surface area contributed by atoms with Gasteiger partial charge in [0.05, 0.1) is 0 Å². The molecule has 0 atom stereocenters. The van der Waals surface area contributed by atoms with Crippen molar-refractivity contribution in [3.8, 4) is 0 Å². The maximum Gasteiger partial charge on any atom is 0.0379 e. The first-order valence-corrected chi connectivity index (χ1v) is 4.50. The molecular formula is C3H9PbSi. The standard InChI is InChI=1S/C3H9Si.Pb/c1-4(2)3;/h1-3H3;. The van der Waals surface area contributed by atoms with Crippen molar-refractivity contribution >= 4 is 36.1 Å². The summed E-state index contributed by atoms with van der Waals surface area (Å²) in [5, 5.41) is 0. The van der Waals surface area contributed by atoms with Gasteiger partial charge in [0.25, 0.3) is 0 Å². The SMILES string of the molecule is C[Si](C)C.[Pb]. The van der Waals surface area contributed by atoms with E-state index in [4.69, 9.17) is 0 Å². The Morgan fingerprint density at radius 2 is 1.00 bits per heavy atom. The van der Waals surface area contributed by atoms with E-state index < -0.39 is 0 Å². The second-order valence-electron chi connectivity index (χ2n) is 1.50. The van der Waals surface area contributed by atoms with Crippen LogP contribution in [0, 0.1) is 0 Å². The molecule has 0 saturated carbocycles. The molecule has 0 fully saturated rings. The van der Waals surface area contributed by atoms with Crippen molar-refractivity contribution in [1.29, 1.82) is 0 Å². The Labute approximate surface area is 55.7 Å². The van der Waals surface area contributed by atoms with Gasteiger partial charge in [-0.25, -0.2) is 0 Å². The molecule has 0 amide bonds. The van der Waals surface area contributed by atoms with Gasteiger partial charge in [0.2, 0.25) is 0 Å². The maximum absolute atomic E-state index is 2.27. The van der Waals surface area contributed by atoms with Crippen LogP contribution in [-0.4, -0.2) is 36.1 Å². The molecule has 2 heteroatoms. The van der Waals surface area contributed by atoms with Crippen molar-refractivity contribution in [2.75, 3.05) is 0 Å². The monoisotopic (exact) mass is 281 g/mol. The smallest absolute Gasteiger partial charge is 0.0379 e. The van der Waals surface area contributed by atoms with Crippen LogP contribution in [0.1, 0.15) is 0 Å². The Hall–Kier alpha value is 1.14. The number of hydrogen-bond acceptors (Lipinski definition) is 0. The van der Waals surface area contributed by atoms with Crippen molar-refractivity contribution in [3.05, 3.63) is 0 Å². The van der Waals surface area contributed by atoms with E-state index in [1.165, 1.54) is 0 Å². The van der Waals surface area contributed by atoms with Crippen molar-refractivity contribution in [1.82, 2.24) is 0 Å². The summed E-state index contributed by atoms with van der Waals surface area (Å²) >= 11 is 0. The van der Waals surface area contributed by atoms with E-state index >= 15 is 0 Å². The first kappa shape index (κ1) is 9.46. The van der Waals surface area contributed by atoms with E-state index in [1.807, 2.05) is 0 Å². The first-order chi connectivity index (χ1) is 1.73. The molecule has 0 nitrogen and oxygen atoms in total. The van der Waals surface area contributed by atoms with E-state index in [-0.39, 0.29) is 36.1 Å². The predicted octanol–water partition coefficient (Wildman–Crippen LogP) is 0.990. The van der Waals surface area contributed by atoms with Gasteiger partial charge < -0.3 is 0 Å². The Balaban J connectivity index is 0. The van der Waals surface area contributed by atoms with E-state index in [0.717, 1.165) is 0 Å². The molecular weight excluding hydrogens is 271 g/mol. The molecule has 0 unspecified atom stereocenters. The fourth-order valence-electron chi connectivity index (χ4n) is 0. The Kier molecular flexibility index (Phi) is 9.73. The molecule has 0 spiro atoms. The van der Waals surface area contributed by atoms with Crippen LogP contribution in [0.2, 0.25) is 19.6 Å². The third-order valence-corrected chi connectivity index (χ3v) is 0. The molecule has 0 aromatic rings. The van der Waals surface area contributed by atoms with Crippen LogP contribution in [0.4, 0.5) is 0 Å². The summed E-state index contributed by atoms with van der Waals surface area (Å²) in [6.07, 6.45) is 0. The van der Waals surface area contributed by atoms with E-state index in [2.05, 4.69) is 19.6 Å². The minimum Gasteiger partial charge on any atom is -0.0715 e. The molecule has 0 aliphatic carbocycles. The minimum absolute atomic E-state index is 0. The minimum atomic E-state index is 0. The van der Waals surface area contributed by atoms with E-state index in [0.29, 0.717) is 0 Å². The van der Waals surface area contributed by atoms with Crippen molar-refractivity contribution in [3.63, 3.8) is 0 Å². The quantitative estimate of drug-likeness (QED) is 0.581. The van der Waals surface area contributed by atoms with Gasteiger partial charge in [0.15, 0.2) is 0 Å². The van der Waals surface area contributed by atoms with E-state index in [1.54, 1.807) is 0 Å². The first-order valence-electron chi connectivity index (χ1n) is 1.50. The summed E-state index contributed by atoms with van der Waals surface area (Å²) in [5.74, 6) is 0. The summed E-state index contributed by atoms with van der Waals surface area (Å²) in [5.41, 5.74) is 0. The molecule has 5 heavy (non-hydrogen) atoms. The summed E-state index contributed by atoms with van der Waals surface area (Å²) < 4.78 is 0. The second-order valence-corrected chi connectivity index (χ2v) is 4.50. The van der Waals surface area contributed by atoms with Gasteiger partial charge in [0.1, 0.15) is 0 Å². The van der Waals surface area contributed by atoms with Crippen LogP contribution in [0.5, 0.6) is 0 Å². The molecule has 0 aromatic carbocycles. The number of rotatable bonds is 0. The third kappa shape index (κ3) is 39.0. The summed E-state index contributed by atoms with van der Waals surface area (Å²) in [4.78, 5) is 0. The molecule has 29 valence electrons. The van der Waals surface area contributed by atoms with Gasteiger partial charge >= 0.3 is 0 Å². The maximum atomic E-state index is 2.27. The molecule has 0 aliphatic heterocycles. The van der Waals surface area contributed by atoms with Gasteiger partial charge in [-0.2, -0.15) is 0 Å². The van der Waals surface area contributed by atoms with E-state index in [9.17, 15) is 0 Å². The zero-order chi connectivity index (χ0) is 3.58. The zero-order valence-corrected chi connectivity index (χ0v) is 8.89. The van der Waals surface area contributed by atoms with Crippen molar-refractivity contribution in [2.24, 2.45) is 0 Å². The third-order valence-electron chi connectivity index (χ3n) is 0. The second kappa shape index (κ2) is 5.14. The van der Waals surface area contributed by atoms with Crippen LogP contribution in [-0.2, 0) is 0 Å². The van der Waals surface area contributed by atoms with Crippen LogP contribution < -0.4 is 0 Å². The fraction of sp³-hybridized carbons (Fsp3) is 1.00. The van der Waals surface area contributed by atoms with Crippen molar-refractivity contribution < 1.29 is 0 Å². The molecule has 0 aromatic heterocycles. The van der Waals surface area contributed by atoms with Crippen LogP contribution in [0.15, 0.2) is 0 Å².